The predicted molar refractivity (Wildman–Crippen MR) is 124 cm³/mol. The van der Waals surface area contributed by atoms with Crippen molar-refractivity contribution in [1.82, 2.24) is 15.5 Å². The Hall–Kier alpha value is -2.77. The first-order valence-corrected chi connectivity index (χ1v) is 11.3. The molecular formula is C24H39N3O5. The number of likely N-dealkylation sites (N-methyl/N-ethyl adjacent to an activating group) is 1. The van der Waals surface area contributed by atoms with E-state index in [2.05, 4.69) is 10.6 Å². The first-order valence-electron chi connectivity index (χ1n) is 11.3. The van der Waals surface area contributed by atoms with Gasteiger partial charge in [0.05, 0.1) is 0 Å². The zero-order valence-electron chi connectivity index (χ0n) is 20.4. The molecule has 0 fully saturated rings. The molecule has 32 heavy (non-hydrogen) atoms. The third-order valence-corrected chi connectivity index (χ3v) is 4.83. The van der Waals surface area contributed by atoms with Crippen LogP contribution in [0.5, 0.6) is 5.75 Å². The highest BCUT2D eigenvalue weighted by atomic mass is 16.6. The van der Waals surface area contributed by atoms with Crippen LogP contribution in [0.3, 0.4) is 0 Å². The smallest absolute Gasteiger partial charge is 0.408 e. The number of amides is 3. The number of carbonyl (C=O) groups excluding carboxylic acids is 3. The van der Waals surface area contributed by atoms with E-state index in [1.165, 1.54) is 17.0 Å². The summed E-state index contributed by atoms with van der Waals surface area (Å²) >= 11 is 0. The number of hydrogen-bond donors (Lipinski definition) is 3. The van der Waals surface area contributed by atoms with Gasteiger partial charge in [0.25, 0.3) is 0 Å². The van der Waals surface area contributed by atoms with E-state index < -0.39 is 23.8 Å². The number of carbonyl (C=O) groups is 3. The van der Waals surface area contributed by atoms with Gasteiger partial charge in [-0.25, -0.2) is 4.79 Å². The summed E-state index contributed by atoms with van der Waals surface area (Å²) in [5.74, 6) is -0.844. The first-order chi connectivity index (χ1) is 14.9. The fraction of sp³-hybridized carbons (Fsp3) is 0.625. The maximum absolute atomic E-state index is 13.6. The summed E-state index contributed by atoms with van der Waals surface area (Å²) in [5.41, 5.74) is -0.126. The Morgan fingerprint density at radius 1 is 1.09 bits per heavy atom. The number of benzene rings is 1. The number of aromatic hydroxyl groups is 1. The zero-order valence-corrected chi connectivity index (χ0v) is 20.4. The van der Waals surface area contributed by atoms with Crippen LogP contribution in [0.15, 0.2) is 24.3 Å². The van der Waals surface area contributed by atoms with Crippen molar-refractivity contribution in [2.45, 2.75) is 79.0 Å². The van der Waals surface area contributed by atoms with E-state index in [4.69, 9.17) is 4.74 Å². The lowest BCUT2D eigenvalue weighted by atomic mass is 9.99. The van der Waals surface area contributed by atoms with Crippen molar-refractivity contribution in [1.29, 1.82) is 0 Å². The summed E-state index contributed by atoms with van der Waals surface area (Å²) in [6.07, 6.45) is 1.06. The minimum absolute atomic E-state index is 0.0694. The van der Waals surface area contributed by atoms with Crippen molar-refractivity contribution in [3.8, 4) is 5.75 Å². The van der Waals surface area contributed by atoms with Crippen LogP contribution >= 0.6 is 0 Å². The standard InChI is InChI=1S/C24H39N3O5/c1-8-10-15-25-21(29)20(17-11-13-18(28)14-12-17)27(9-2)22(30)19(16(3)4)26-23(31)32-24(5,6)7/h11-14,16,19-20,28H,8-10,15H2,1-7H3,(H,25,29)(H,26,31). The number of nitrogens with zero attached hydrogens (tertiary/aromatic N) is 1. The van der Waals surface area contributed by atoms with Gasteiger partial charge >= 0.3 is 6.09 Å². The highest BCUT2D eigenvalue weighted by Crippen LogP contribution is 2.25. The summed E-state index contributed by atoms with van der Waals surface area (Å²) in [4.78, 5) is 40.5. The van der Waals surface area contributed by atoms with Crippen molar-refractivity contribution < 1.29 is 24.2 Å². The molecule has 1 aromatic carbocycles. The van der Waals surface area contributed by atoms with E-state index in [1.54, 1.807) is 39.8 Å². The predicted octanol–water partition coefficient (Wildman–Crippen LogP) is 3.75. The topological polar surface area (TPSA) is 108 Å². The SMILES string of the molecule is CCCCNC(=O)C(c1ccc(O)cc1)N(CC)C(=O)C(NC(=O)OC(C)(C)C)C(C)C. The maximum Gasteiger partial charge on any atom is 0.408 e. The number of rotatable bonds is 10. The van der Waals surface area contributed by atoms with E-state index in [-0.39, 0.29) is 30.0 Å². The molecule has 2 atom stereocenters. The second kappa shape index (κ2) is 12.3. The molecule has 2 unspecified atom stereocenters. The maximum atomic E-state index is 13.6. The van der Waals surface area contributed by atoms with Gasteiger partial charge in [0.15, 0.2) is 0 Å². The molecule has 0 aromatic heterocycles. The number of phenols is 1. The van der Waals surface area contributed by atoms with Crippen LogP contribution in [0.25, 0.3) is 0 Å². The highest BCUT2D eigenvalue weighted by Gasteiger charge is 2.36. The molecule has 0 saturated heterocycles. The fourth-order valence-electron chi connectivity index (χ4n) is 3.21. The van der Waals surface area contributed by atoms with Crippen LogP contribution in [0.1, 0.15) is 72.9 Å². The molecule has 0 radical (unpaired) electrons. The lowest BCUT2D eigenvalue weighted by Crippen LogP contribution is -2.54. The van der Waals surface area contributed by atoms with Crippen LogP contribution < -0.4 is 10.6 Å². The van der Waals surface area contributed by atoms with Gasteiger partial charge in [0.1, 0.15) is 23.4 Å². The minimum Gasteiger partial charge on any atom is -0.508 e. The van der Waals surface area contributed by atoms with Gasteiger partial charge in [0.2, 0.25) is 11.8 Å². The third-order valence-electron chi connectivity index (χ3n) is 4.83. The Kier molecular flexibility index (Phi) is 10.5. The molecular weight excluding hydrogens is 410 g/mol. The molecule has 0 saturated carbocycles. The number of phenolic OH excluding ortho intramolecular Hbond substituents is 1. The van der Waals surface area contributed by atoms with Crippen LogP contribution in [0.4, 0.5) is 4.79 Å². The van der Waals surface area contributed by atoms with Crippen LogP contribution in [-0.4, -0.2) is 52.6 Å². The molecule has 1 rings (SSSR count). The summed E-state index contributed by atoms with van der Waals surface area (Å²) < 4.78 is 5.33. The fourth-order valence-corrected chi connectivity index (χ4v) is 3.21. The highest BCUT2D eigenvalue weighted by molar-refractivity contribution is 5.92. The normalized spacial score (nSPS) is 13.2. The average Bonchev–Trinajstić information content (AvgIpc) is 2.69. The second-order valence-corrected chi connectivity index (χ2v) is 9.13. The third kappa shape index (κ3) is 8.40. The summed E-state index contributed by atoms with van der Waals surface area (Å²) in [5, 5.41) is 15.2. The van der Waals surface area contributed by atoms with Crippen molar-refractivity contribution in [3.05, 3.63) is 29.8 Å². The van der Waals surface area contributed by atoms with E-state index in [0.717, 1.165) is 12.8 Å². The Morgan fingerprint density at radius 3 is 2.16 bits per heavy atom. The second-order valence-electron chi connectivity index (χ2n) is 9.13. The quantitative estimate of drug-likeness (QED) is 0.472. The molecule has 3 N–H and O–H groups in total. The number of ether oxygens (including phenoxy) is 1. The molecule has 0 aliphatic rings. The molecule has 8 nitrogen and oxygen atoms in total. The van der Waals surface area contributed by atoms with Crippen LogP contribution in [0.2, 0.25) is 0 Å². The number of alkyl carbamates (subject to hydrolysis) is 1. The van der Waals surface area contributed by atoms with Gasteiger partial charge in [-0.2, -0.15) is 0 Å². The zero-order chi connectivity index (χ0) is 24.5. The number of unbranched alkanes of at least 4 members (excludes halogenated alkanes) is 1. The van der Waals surface area contributed by atoms with E-state index in [0.29, 0.717) is 12.1 Å². The number of nitrogens with one attached hydrogen (secondary N) is 2. The molecule has 3 amide bonds. The molecule has 180 valence electrons. The van der Waals surface area contributed by atoms with Crippen molar-refractivity contribution >= 4 is 17.9 Å². The van der Waals surface area contributed by atoms with E-state index >= 15 is 0 Å². The molecule has 0 spiro atoms. The number of hydrogen-bond acceptors (Lipinski definition) is 5. The van der Waals surface area contributed by atoms with Crippen LogP contribution in [-0.2, 0) is 14.3 Å². The minimum atomic E-state index is -0.897. The summed E-state index contributed by atoms with van der Waals surface area (Å²) in [7, 11) is 0. The first kappa shape index (κ1) is 27.3. The molecule has 8 heteroatoms. The van der Waals surface area contributed by atoms with Gasteiger partial charge < -0.3 is 25.4 Å². The van der Waals surface area contributed by atoms with Gasteiger partial charge in [0, 0.05) is 13.1 Å². The van der Waals surface area contributed by atoms with Crippen molar-refractivity contribution in [2.75, 3.05) is 13.1 Å². The van der Waals surface area contributed by atoms with E-state index in [1.807, 2.05) is 20.8 Å². The van der Waals surface area contributed by atoms with Gasteiger partial charge in [-0.05, 0) is 57.7 Å². The van der Waals surface area contributed by atoms with Gasteiger partial charge in [-0.1, -0.05) is 39.3 Å². The lowest BCUT2D eigenvalue weighted by Gasteiger charge is -2.35. The molecule has 1 aromatic rings. The Balaban J connectivity index is 3.25. The van der Waals surface area contributed by atoms with Crippen molar-refractivity contribution in [2.24, 2.45) is 5.92 Å². The van der Waals surface area contributed by atoms with Crippen LogP contribution in [0, 0.1) is 5.92 Å². The largest absolute Gasteiger partial charge is 0.508 e. The molecule has 0 aliphatic heterocycles. The van der Waals surface area contributed by atoms with Crippen molar-refractivity contribution in [3.63, 3.8) is 0 Å². The molecule has 0 aliphatic carbocycles. The lowest BCUT2D eigenvalue weighted by molar-refractivity contribution is -0.143. The Bertz CT molecular complexity index is 756. The Morgan fingerprint density at radius 2 is 1.69 bits per heavy atom. The summed E-state index contributed by atoms with van der Waals surface area (Å²) in [6.45, 7) is 13.5. The average molecular weight is 450 g/mol. The molecule has 0 bridgehead atoms. The Labute approximate surface area is 191 Å². The van der Waals surface area contributed by atoms with Gasteiger partial charge in [-0.15, -0.1) is 0 Å². The summed E-state index contributed by atoms with van der Waals surface area (Å²) in [6, 6.07) is 4.46. The molecule has 0 heterocycles. The van der Waals surface area contributed by atoms with Gasteiger partial charge in [-0.3, -0.25) is 9.59 Å². The van der Waals surface area contributed by atoms with E-state index in [9.17, 15) is 19.5 Å². The monoisotopic (exact) mass is 449 g/mol.